The Morgan fingerprint density at radius 3 is 2.10 bits per heavy atom. The van der Waals surface area contributed by atoms with E-state index in [1.165, 1.54) is 4.90 Å². The summed E-state index contributed by atoms with van der Waals surface area (Å²) in [6, 6.07) is 14.3. The number of carbonyl (C=O) groups is 2. The molecule has 0 N–H and O–H groups in total. The minimum atomic E-state index is -0.344. The van der Waals surface area contributed by atoms with Crippen LogP contribution < -0.4 is 14.4 Å². The van der Waals surface area contributed by atoms with E-state index in [-0.39, 0.29) is 11.8 Å². The van der Waals surface area contributed by atoms with E-state index in [1.54, 1.807) is 44.6 Å². The predicted octanol–water partition coefficient (Wildman–Crippen LogP) is 2.24. The van der Waals surface area contributed by atoms with Crippen LogP contribution in [0.15, 0.2) is 54.2 Å². The van der Waals surface area contributed by atoms with E-state index in [0.29, 0.717) is 47.1 Å². The molecule has 156 valence electrons. The summed E-state index contributed by atoms with van der Waals surface area (Å²) in [6.07, 6.45) is 0. The smallest absolute Gasteiger partial charge is 0.282 e. The van der Waals surface area contributed by atoms with E-state index in [0.717, 1.165) is 13.1 Å². The van der Waals surface area contributed by atoms with Gasteiger partial charge in [-0.15, -0.1) is 0 Å². The Kier molecular flexibility index (Phi) is 5.46. The molecule has 7 nitrogen and oxygen atoms in total. The topological polar surface area (TPSA) is 62.3 Å². The Morgan fingerprint density at radius 1 is 0.800 bits per heavy atom. The fourth-order valence-corrected chi connectivity index (χ4v) is 3.90. The summed E-state index contributed by atoms with van der Waals surface area (Å²) in [7, 11) is 5.20. The molecule has 0 aliphatic carbocycles. The van der Waals surface area contributed by atoms with Crippen molar-refractivity contribution >= 4 is 23.1 Å². The molecule has 0 bridgehead atoms. The van der Waals surface area contributed by atoms with Gasteiger partial charge < -0.3 is 19.3 Å². The fourth-order valence-electron chi connectivity index (χ4n) is 3.90. The van der Waals surface area contributed by atoms with Crippen LogP contribution in [0.5, 0.6) is 11.5 Å². The highest BCUT2D eigenvalue weighted by Crippen LogP contribution is 2.38. The molecule has 0 spiro atoms. The Bertz CT molecular complexity index is 992. The standard InChI is InChI=1S/C23H25N3O4/c1-24-12-14-25(15-13-24)21-20(18-6-4-5-7-19(18)30-3)22(27)26(23(21)28)16-8-10-17(29-2)11-9-16/h4-11H,12-15H2,1-3H3. The first kappa shape index (κ1) is 20.0. The number of hydrogen-bond donors (Lipinski definition) is 0. The van der Waals surface area contributed by atoms with Gasteiger partial charge in [0.1, 0.15) is 17.2 Å². The second kappa shape index (κ2) is 8.20. The molecule has 2 aliphatic rings. The van der Waals surface area contributed by atoms with Crippen LogP contribution in [-0.2, 0) is 9.59 Å². The number of anilines is 1. The van der Waals surface area contributed by atoms with Crippen molar-refractivity contribution < 1.29 is 19.1 Å². The first-order chi connectivity index (χ1) is 14.5. The minimum absolute atomic E-state index is 0.310. The number of rotatable bonds is 5. The predicted molar refractivity (Wildman–Crippen MR) is 114 cm³/mol. The van der Waals surface area contributed by atoms with E-state index >= 15 is 0 Å². The molecule has 1 saturated heterocycles. The normalized spacial score (nSPS) is 17.7. The second-order valence-electron chi connectivity index (χ2n) is 7.36. The summed E-state index contributed by atoms with van der Waals surface area (Å²) in [5, 5.41) is 0. The van der Waals surface area contributed by atoms with Crippen LogP contribution in [-0.4, -0.2) is 69.1 Å². The summed E-state index contributed by atoms with van der Waals surface area (Å²) in [5.41, 5.74) is 1.97. The number of nitrogens with zero attached hydrogens (tertiary/aromatic N) is 3. The van der Waals surface area contributed by atoms with Crippen molar-refractivity contribution in [1.29, 1.82) is 0 Å². The largest absolute Gasteiger partial charge is 0.497 e. The first-order valence-electron chi connectivity index (χ1n) is 9.89. The van der Waals surface area contributed by atoms with E-state index in [9.17, 15) is 9.59 Å². The highest BCUT2D eigenvalue weighted by atomic mass is 16.5. The summed E-state index contributed by atoms with van der Waals surface area (Å²) < 4.78 is 10.7. The van der Waals surface area contributed by atoms with Gasteiger partial charge in [0.25, 0.3) is 11.8 Å². The first-order valence-corrected chi connectivity index (χ1v) is 9.89. The molecule has 0 radical (unpaired) electrons. The molecule has 4 rings (SSSR count). The highest BCUT2D eigenvalue weighted by molar-refractivity contribution is 6.45. The number of amides is 2. The lowest BCUT2D eigenvalue weighted by Crippen LogP contribution is -2.46. The van der Waals surface area contributed by atoms with E-state index in [1.807, 2.05) is 23.1 Å². The Morgan fingerprint density at radius 2 is 1.47 bits per heavy atom. The van der Waals surface area contributed by atoms with Crippen molar-refractivity contribution in [1.82, 2.24) is 9.80 Å². The van der Waals surface area contributed by atoms with Crippen LogP contribution in [0.3, 0.4) is 0 Å². The molecule has 2 amide bonds. The summed E-state index contributed by atoms with van der Waals surface area (Å²) in [5.74, 6) is 0.575. The third-order valence-corrected chi connectivity index (χ3v) is 5.59. The molecule has 2 aliphatic heterocycles. The molecule has 2 aromatic carbocycles. The number of imide groups is 1. The van der Waals surface area contributed by atoms with Crippen LogP contribution >= 0.6 is 0 Å². The average molecular weight is 407 g/mol. The third kappa shape index (κ3) is 3.41. The zero-order valence-corrected chi connectivity index (χ0v) is 17.4. The molecule has 0 atom stereocenters. The summed E-state index contributed by atoms with van der Waals surface area (Å²) in [4.78, 5) is 32.6. The van der Waals surface area contributed by atoms with Crippen molar-refractivity contribution in [2.45, 2.75) is 0 Å². The second-order valence-corrected chi connectivity index (χ2v) is 7.36. The molecule has 2 aromatic rings. The Labute approximate surface area is 176 Å². The van der Waals surface area contributed by atoms with Gasteiger partial charge in [-0.05, 0) is 37.4 Å². The third-order valence-electron chi connectivity index (χ3n) is 5.59. The van der Waals surface area contributed by atoms with Gasteiger partial charge in [0.05, 0.1) is 25.5 Å². The van der Waals surface area contributed by atoms with Gasteiger partial charge in [-0.25, -0.2) is 4.90 Å². The number of para-hydroxylation sites is 1. The molecular formula is C23H25N3O4. The van der Waals surface area contributed by atoms with Crippen molar-refractivity contribution in [3.63, 3.8) is 0 Å². The molecule has 0 saturated carbocycles. The maximum absolute atomic E-state index is 13.6. The van der Waals surface area contributed by atoms with Gasteiger partial charge in [0.15, 0.2) is 0 Å². The van der Waals surface area contributed by atoms with Crippen LogP contribution in [0.4, 0.5) is 5.69 Å². The monoisotopic (exact) mass is 407 g/mol. The van der Waals surface area contributed by atoms with E-state index < -0.39 is 0 Å². The van der Waals surface area contributed by atoms with Gasteiger partial charge in [-0.3, -0.25) is 9.59 Å². The van der Waals surface area contributed by atoms with Gasteiger partial charge in [-0.2, -0.15) is 0 Å². The number of methoxy groups -OCH3 is 2. The summed E-state index contributed by atoms with van der Waals surface area (Å²) >= 11 is 0. The number of ether oxygens (including phenoxy) is 2. The van der Waals surface area contributed by atoms with Crippen molar-refractivity contribution in [2.75, 3.05) is 52.3 Å². The molecule has 0 unspecified atom stereocenters. The van der Waals surface area contributed by atoms with Crippen molar-refractivity contribution in [2.24, 2.45) is 0 Å². The van der Waals surface area contributed by atoms with Crippen LogP contribution in [0.25, 0.3) is 5.57 Å². The lowest BCUT2D eigenvalue weighted by molar-refractivity contribution is -0.120. The zero-order valence-electron chi connectivity index (χ0n) is 17.4. The average Bonchev–Trinajstić information content (AvgIpc) is 3.04. The van der Waals surface area contributed by atoms with Gasteiger partial charge in [0.2, 0.25) is 0 Å². The molecule has 7 heteroatoms. The van der Waals surface area contributed by atoms with Crippen molar-refractivity contribution in [3.8, 4) is 11.5 Å². The molecular weight excluding hydrogens is 382 g/mol. The number of likely N-dealkylation sites (N-methyl/N-ethyl adjacent to an activating group) is 1. The van der Waals surface area contributed by atoms with Crippen LogP contribution in [0.2, 0.25) is 0 Å². The highest BCUT2D eigenvalue weighted by Gasteiger charge is 2.43. The van der Waals surface area contributed by atoms with Gasteiger partial charge >= 0.3 is 0 Å². The Hall–Kier alpha value is -3.32. The molecule has 1 fully saturated rings. The molecule has 0 aromatic heterocycles. The SMILES string of the molecule is COc1ccc(N2C(=O)C(c3ccccc3OC)=C(N3CCN(C)CC3)C2=O)cc1. The maximum atomic E-state index is 13.6. The zero-order chi connectivity index (χ0) is 21.3. The van der Waals surface area contributed by atoms with Gasteiger partial charge in [0, 0.05) is 31.7 Å². The maximum Gasteiger partial charge on any atom is 0.282 e. The van der Waals surface area contributed by atoms with Crippen LogP contribution in [0, 0.1) is 0 Å². The number of piperazine rings is 1. The molecule has 2 heterocycles. The number of carbonyl (C=O) groups excluding carboxylic acids is 2. The van der Waals surface area contributed by atoms with E-state index in [4.69, 9.17) is 9.47 Å². The van der Waals surface area contributed by atoms with E-state index in [2.05, 4.69) is 11.9 Å². The van der Waals surface area contributed by atoms with Gasteiger partial charge in [-0.1, -0.05) is 18.2 Å². The Balaban J connectivity index is 1.82. The number of benzene rings is 2. The number of hydrogen-bond acceptors (Lipinski definition) is 6. The fraction of sp³-hybridized carbons (Fsp3) is 0.304. The lowest BCUT2D eigenvalue weighted by atomic mass is 10.0. The molecule has 30 heavy (non-hydrogen) atoms. The van der Waals surface area contributed by atoms with Crippen molar-refractivity contribution in [3.05, 3.63) is 59.8 Å². The minimum Gasteiger partial charge on any atom is -0.497 e. The lowest BCUT2D eigenvalue weighted by Gasteiger charge is -2.34. The summed E-state index contributed by atoms with van der Waals surface area (Å²) in [6.45, 7) is 3.01. The quantitative estimate of drug-likeness (QED) is 0.709. The van der Waals surface area contributed by atoms with Crippen LogP contribution in [0.1, 0.15) is 5.56 Å².